The number of aromatic nitrogens is 4. The maximum atomic E-state index is 5.89. The van der Waals surface area contributed by atoms with Crippen LogP contribution >= 0.6 is 0 Å². The van der Waals surface area contributed by atoms with Crippen molar-refractivity contribution >= 4 is 23.0 Å². The normalized spacial score (nSPS) is 16.5. The topological polar surface area (TPSA) is 93.2 Å². The number of nitrogens with one attached hydrogen (secondary N) is 2. The molecule has 7 heteroatoms. The van der Waals surface area contributed by atoms with Gasteiger partial charge in [-0.15, -0.1) is 0 Å². The molecule has 0 amide bonds. The second-order valence-corrected chi connectivity index (χ2v) is 8.89. The maximum absolute atomic E-state index is 5.89. The first-order valence-corrected chi connectivity index (χ1v) is 11.5. The molecule has 3 aromatic heterocycles. The molecule has 0 saturated heterocycles. The van der Waals surface area contributed by atoms with Crippen molar-refractivity contribution in [1.82, 2.24) is 19.6 Å². The summed E-state index contributed by atoms with van der Waals surface area (Å²) in [5, 5.41) is 12.1. The molecule has 0 radical (unpaired) electrons. The smallest absolute Gasteiger partial charge is 0.223 e. The van der Waals surface area contributed by atoms with Gasteiger partial charge in [0.15, 0.2) is 0 Å². The molecule has 2 aliphatic carbocycles. The molecule has 0 aliphatic heterocycles. The second kappa shape index (κ2) is 7.82. The van der Waals surface area contributed by atoms with E-state index in [0.717, 1.165) is 39.5 Å². The van der Waals surface area contributed by atoms with Gasteiger partial charge >= 0.3 is 0 Å². The zero-order chi connectivity index (χ0) is 21.5. The molecule has 2 fully saturated rings. The highest BCUT2D eigenvalue weighted by Gasteiger charge is 2.21. The van der Waals surface area contributed by atoms with Crippen LogP contribution in [0.25, 0.3) is 28.0 Å². The number of nitrogens with zero attached hydrogens (tertiary/aromatic N) is 4. The Balaban J connectivity index is 1.44. The number of pyridine rings is 1. The molecule has 0 atom stereocenters. The molecule has 0 unspecified atom stereocenters. The molecule has 4 N–H and O–H groups in total. The van der Waals surface area contributed by atoms with E-state index in [1.807, 2.05) is 41.0 Å². The summed E-state index contributed by atoms with van der Waals surface area (Å²) >= 11 is 0. The average molecular weight is 426 g/mol. The summed E-state index contributed by atoms with van der Waals surface area (Å²) in [5.41, 5.74) is 11.5. The Labute approximate surface area is 187 Å². The van der Waals surface area contributed by atoms with Crippen LogP contribution in [0.1, 0.15) is 38.5 Å². The van der Waals surface area contributed by atoms with Crippen molar-refractivity contribution in [2.45, 2.75) is 50.6 Å². The first kappa shape index (κ1) is 19.1. The van der Waals surface area contributed by atoms with Gasteiger partial charge in [-0.1, -0.05) is 12.1 Å². The predicted octanol–water partition coefficient (Wildman–Crippen LogP) is 4.97. The molecule has 6 rings (SSSR count). The van der Waals surface area contributed by atoms with E-state index in [1.165, 1.54) is 38.5 Å². The number of rotatable bonds is 6. The number of hydrogen-bond donors (Lipinski definition) is 3. The largest absolute Gasteiger partial charge is 0.399 e. The van der Waals surface area contributed by atoms with Crippen LogP contribution in [0.3, 0.4) is 0 Å². The fourth-order valence-electron chi connectivity index (χ4n) is 4.27. The fourth-order valence-corrected chi connectivity index (χ4v) is 4.27. The van der Waals surface area contributed by atoms with Crippen LogP contribution in [-0.2, 0) is 0 Å². The molecule has 3 heterocycles. The van der Waals surface area contributed by atoms with E-state index in [1.54, 1.807) is 0 Å². The lowest BCUT2D eigenvalue weighted by molar-refractivity contribution is 0.443. The molecular weight excluding hydrogens is 398 g/mol. The molecule has 0 bridgehead atoms. The van der Waals surface area contributed by atoms with E-state index < -0.39 is 0 Å². The second-order valence-electron chi connectivity index (χ2n) is 8.89. The monoisotopic (exact) mass is 425 g/mol. The van der Waals surface area contributed by atoms with Gasteiger partial charge < -0.3 is 16.4 Å². The molecule has 1 aromatic carbocycles. The molecule has 7 nitrogen and oxygen atoms in total. The third-order valence-corrected chi connectivity index (χ3v) is 6.65. The van der Waals surface area contributed by atoms with Crippen molar-refractivity contribution in [2.24, 2.45) is 0 Å². The first-order chi connectivity index (χ1) is 15.7. The summed E-state index contributed by atoms with van der Waals surface area (Å²) in [5.74, 6) is 1.71. The van der Waals surface area contributed by atoms with Crippen molar-refractivity contribution in [3.63, 3.8) is 0 Å². The minimum atomic E-state index is 0.492. The lowest BCUT2D eigenvalue weighted by Crippen LogP contribution is -2.28. The van der Waals surface area contributed by atoms with E-state index in [-0.39, 0.29) is 0 Å². The molecular formula is C25H27N7. The minimum absolute atomic E-state index is 0.492. The summed E-state index contributed by atoms with van der Waals surface area (Å²) in [7, 11) is 0. The van der Waals surface area contributed by atoms with Gasteiger partial charge in [0.05, 0.1) is 16.9 Å². The Hall–Kier alpha value is -3.61. The van der Waals surface area contributed by atoms with Gasteiger partial charge in [-0.05, 0) is 74.9 Å². The number of anilines is 3. The van der Waals surface area contributed by atoms with Gasteiger partial charge in [-0.3, -0.25) is 0 Å². The van der Waals surface area contributed by atoms with Crippen molar-refractivity contribution < 1.29 is 0 Å². The zero-order valence-electron chi connectivity index (χ0n) is 18.0. The molecule has 162 valence electrons. The lowest BCUT2D eigenvalue weighted by atomic mass is 9.93. The van der Waals surface area contributed by atoms with E-state index >= 15 is 0 Å². The van der Waals surface area contributed by atoms with E-state index in [2.05, 4.69) is 33.8 Å². The summed E-state index contributed by atoms with van der Waals surface area (Å²) in [6, 6.07) is 17.2. The van der Waals surface area contributed by atoms with Gasteiger partial charge in [0.2, 0.25) is 5.95 Å². The molecule has 2 aliphatic rings. The number of fused-ring (bicyclic) bond motifs is 1. The highest BCUT2D eigenvalue weighted by Crippen LogP contribution is 2.32. The molecule has 0 spiro atoms. The maximum Gasteiger partial charge on any atom is 0.223 e. The van der Waals surface area contributed by atoms with Gasteiger partial charge in [-0.2, -0.15) is 5.10 Å². The Morgan fingerprint density at radius 3 is 2.31 bits per heavy atom. The van der Waals surface area contributed by atoms with Crippen molar-refractivity contribution in [3.8, 4) is 22.5 Å². The van der Waals surface area contributed by atoms with Crippen molar-refractivity contribution in [1.29, 1.82) is 0 Å². The van der Waals surface area contributed by atoms with Gasteiger partial charge in [0, 0.05) is 35.1 Å². The number of hydrogen-bond acceptors (Lipinski definition) is 6. The van der Waals surface area contributed by atoms with Crippen LogP contribution in [0.2, 0.25) is 0 Å². The van der Waals surface area contributed by atoms with Crippen molar-refractivity contribution in [2.75, 3.05) is 16.4 Å². The summed E-state index contributed by atoms with van der Waals surface area (Å²) in [6.07, 6.45) is 9.18. The average Bonchev–Trinajstić information content (AvgIpc) is 3.20. The highest BCUT2D eigenvalue weighted by atomic mass is 15.3. The number of nitrogen functional groups attached to an aromatic ring is 1. The predicted molar refractivity (Wildman–Crippen MR) is 129 cm³/mol. The first-order valence-electron chi connectivity index (χ1n) is 11.5. The summed E-state index contributed by atoms with van der Waals surface area (Å²) in [4.78, 5) is 9.26. The summed E-state index contributed by atoms with van der Waals surface area (Å²) in [6.45, 7) is 0. The van der Waals surface area contributed by atoms with Crippen LogP contribution in [-0.4, -0.2) is 31.7 Å². The summed E-state index contributed by atoms with van der Waals surface area (Å²) < 4.78 is 2.01. The van der Waals surface area contributed by atoms with Crippen LogP contribution in [0.15, 0.2) is 54.7 Å². The van der Waals surface area contributed by atoms with E-state index in [4.69, 9.17) is 15.8 Å². The highest BCUT2D eigenvalue weighted by molar-refractivity contribution is 5.83. The Bertz CT molecular complexity index is 1250. The molecule has 4 aromatic rings. The van der Waals surface area contributed by atoms with Crippen LogP contribution < -0.4 is 16.4 Å². The van der Waals surface area contributed by atoms with E-state index in [0.29, 0.717) is 18.0 Å². The third-order valence-electron chi connectivity index (χ3n) is 6.65. The SMILES string of the molecule is Nc1ccc(-c2cc3c(-c4ccnc(NC5CCC5)n4)ccc(NC4CCC4)n3n2)cc1. The van der Waals surface area contributed by atoms with Gasteiger partial charge in [0.25, 0.3) is 0 Å². The van der Waals surface area contributed by atoms with Crippen LogP contribution in [0.5, 0.6) is 0 Å². The molecule has 32 heavy (non-hydrogen) atoms. The molecule has 2 saturated carbocycles. The standard InChI is InChI=1S/C25H27N7/c26-17-9-7-16(8-10-17)22-15-23-20(11-12-24(32(23)31-22)28-18-3-1-4-18)21-13-14-27-25(30-21)29-19-5-2-6-19/h7-15,18-19,28H,1-6,26H2,(H,27,29,30). The minimum Gasteiger partial charge on any atom is -0.399 e. The quantitative estimate of drug-likeness (QED) is 0.378. The Morgan fingerprint density at radius 2 is 1.59 bits per heavy atom. The van der Waals surface area contributed by atoms with Crippen LogP contribution in [0, 0.1) is 0 Å². The lowest BCUT2D eigenvalue weighted by Gasteiger charge is -2.27. The zero-order valence-corrected chi connectivity index (χ0v) is 18.0. The fraction of sp³-hybridized carbons (Fsp3) is 0.320. The van der Waals surface area contributed by atoms with Gasteiger partial charge in [0.1, 0.15) is 5.82 Å². The van der Waals surface area contributed by atoms with Crippen molar-refractivity contribution in [3.05, 3.63) is 54.7 Å². The number of benzene rings is 1. The van der Waals surface area contributed by atoms with E-state index in [9.17, 15) is 0 Å². The van der Waals surface area contributed by atoms with Crippen LogP contribution in [0.4, 0.5) is 17.5 Å². The Morgan fingerprint density at radius 1 is 0.844 bits per heavy atom. The third kappa shape index (κ3) is 3.53. The van der Waals surface area contributed by atoms with Gasteiger partial charge in [-0.25, -0.2) is 14.5 Å². The number of nitrogens with two attached hydrogens (primary N) is 1. The Kier molecular flexibility index (Phi) is 4.67.